The van der Waals surface area contributed by atoms with Gasteiger partial charge < -0.3 is 0 Å². The quantitative estimate of drug-likeness (QED) is 0.348. The minimum absolute atomic E-state index is 0.0181. The van der Waals surface area contributed by atoms with Gasteiger partial charge in [-0.1, -0.05) is 59.4 Å². The number of hydrogen-bond acceptors (Lipinski definition) is 4. The Labute approximate surface area is 179 Å². The van der Waals surface area contributed by atoms with Crippen molar-refractivity contribution in [2.75, 3.05) is 11.2 Å². The number of carbonyl (C=O) groups is 1. The molecular weight excluding hydrogens is 396 g/mol. The zero-order valence-corrected chi connectivity index (χ0v) is 18.3. The molecule has 0 bridgehead atoms. The predicted molar refractivity (Wildman–Crippen MR) is 124 cm³/mol. The van der Waals surface area contributed by atoms with E-state index in [1.807, 2.05) is 62.4 Å². The SMILES string of the molecule is CSc1ccc2nc(N(Cc3ccccc3)C(=O)c3ccc(C)cc3C)sc2c1. The van der Waals surface area contributed by atoms with E-state index in [1.165, 1.54) is 4.90 Å². The van der Waals surface area contributed by atoms with Crippen LogP contribution in [0.15, 0.2) is 71.6 Å². The van der Waals surface area contributed by atoms with Gasteiger partial charge in [0.15, 0.2) is 5.13 Å². The average Bonchev–Trinajstić information content (AvgIpc) is 3.15. The second-order valence-corrected chi connectivity index (χ2v) is 8.91. The Balaban J connectivity index is 1.78. The first-order chi connectivity index (χ1) is 14.0. The van der Waals surface area contributed by atoms with Gasteiger partial charge >= 0.3 is 0 Å². The lowest BCUT2D eigenvalue weighted by Gasteiger charge is -2.21. The normalized spacial score (nSPS) is 11.0. The van der Waals surface area contributed by atoms with E-state index in [4.69, 9.17) is 4.98 Å². The lowest BCUT2D eigenvalue weighted by Crippen LogP contribution is -2.30. The Bertz CT molecular complexity index is 1170. The van der Waals surface area contributed by atoms with Crippen LogP contribution in [0.1, 0.15) is 27.0 Å². The maximum Gasteiger partial charge on any atom is 0.260 e. The molecule has 0 saturated carbocycles. The fourth-order valence-corrected chi connectivity index (χ4v) is 4.84. The molecule has 3 nitrogen and oxygen atoms in total. The van der Waals surface area contributed by atoms with Gasteiger partial charge in [0.25, 0.3) is 5.91 Å². The van der Waals surface area contributed by atoms with E-state index in [0.717, 1.165) is 37.6 Å². The molecule has 29 heavy (non-hydrogen) atoms. The number of aromatic nitrogens is 1. The number of amides is 1. The van der Waals surface area contributed by atoms with Crippen LogP contribution in [0.25, 0.3) is 10.2 Å². The highest BCUT2D eigenvalue weighted by Crippen LogP contribution is 2.33. The summed E-state index contributed by atoms with van der Waals surface area (Å²) in [4.78, 5) is 21.4. The van der Waals surface area contributed by atoms with Gasteiger partial charge in [0.2, 0.25) is 0 Å². The first-order valence-corrected chi connectivity index (χ1v) is 11.5. The van der Waals surface area contributed by atoms with Crippen molar-refractivity contribution in [1.82, 2.24) is 4.98 Å². The van der Waals surface area contributed by atoms with E-state index in [2.05, 4.69) is 24.5 Å². The number of carbonyl (C=O) groups excluding carboxylic acids is 1. The smallest absolute Gasteiger partial charge is 0.260 e. The number of rotatable bonds is 5. The van der Waals surface area contributed by atoms with E-state index in [-0.39, 0.29) is 5.91 Å². The Morgan fingerprint density at radius 1 is 1.03 bits per heavy atom. The molecule has 3 aromatic carbocycles. The summed E-state index contributed by atoms with van der Waals surface area (Å²) in [7, 11) is 0. The molecule has 4 aromatic rings. The second-order valence-electron chi connectivity index (χ2n) is 7.03. The van der Waals surface area contributed by atoms with Gasteiger partial charge in [0, 0.05) is 10.5 Å². The fourth-order valence-electron chi connectivity index (χ4n) is 3.33. The van der Waals surface area contributed by atoms with Crippen molar-refractivity contribution in [2.45, 2.75) is 25.3 Å². The molecule has 0 unspecified atom stereocenters. The first-order valence-electron chi connectivity index (χ1n) is 9.43. The van der Waals surface area contributed by atoms with Crippen molar-refractivity contribution in [1.29, 1.82) is 0 Å². The molecule has 146 valence electrons. The van der Waals surface area contributed by atoms with Crippen LogP contribution in [-0.2, 0) is 6.54 Å². The zero-order chi connectivity index (χ0) is 20.4. The van der Waals surface area contributed by atoms with Crippen LogP contribution in [0.4, 0.5) is 5.13 Å². The van der Waals surface area contributed by atoms with Crippen LogP contribution in [0.2, 0.25) is 0 Å². The van der Waals surface area contributed by atoms with Gasteiger partial charge in [-0.25, -0.2) is 4.98 Å². The number of hydrogen-bond donors (Lipinski definition) is 0. The van der Waals surface area contributed by atoms with Gasteiger partial charge in [0.1, 0.15) is 0 Å². The van der Waals surface area contributed by atoms with Gasteiger partial charge in [-0.2, -0.15) is 0 Å². The van der Waals surface area contributed by atoms with Crippen LogP contribution in [0.3, 0.4) is 0 Å². The van der Waals surface area contributed by atoms with Crippen LogP contribution in [-0.4, -0.2) is 17.1 Å². The van der Waals surface area contributed by atoms with Crippen LogP contribution < -0.4 is 4.90 Å². The minimum atomic E-state index is -0.0181. The molecule has 0 fully saturated rings. The highest BCUT2D eigenvalue weighted by atomic mass is 32.2. The third-order valence-electron chi connectivity index (χ3n) is 4.86. The summed E-state index contributed by atoms with van der Waals surface area (Å²) >= 11 is 3.28. The molecule has 0 aliphatic heterocycles. The Morgan fingerprint density at radius 2 is 1.83 bits per heavy atom. The summed E-state index contributed by atoms with van der Waals surface area (Å²) < 4.78 is 1.10. The van der Waals surface area contributed by atoms with Crippen molar-refractivity contribution < 1.29 is 4.79 Å². The summed E-state index contributed by atoms with van der Waals surface area (Å²) in [5.41, 5.74) is 4.86. The molecule has 0 atom stereocenters. The van der Waals surface area contributed by atoms with Crippen molar-refractivity contribution in [3.8, 4) is 0 Å². The van der Waals surface area contributed by atoms with Crippen LogP contribution in [0, 0.1) is 13.8 Å². The lowest BCUT2D eigenvalue weighted by molar-refractivity contribution is 0.0984. The number of aryl methyl sites for hydroxylation is 2. The van der Waals surface area contributed by atoms with E-state index in [0.29, 0.717) is 6.54 Å². The molecule has 1 aromatic heterocycles. The fraction of sp³-hybridized carbons (Fsp3) is 0.167. The number of nitrogens with zero attached hydrogens (tertiary/aromatic N) is 2. The van der Waals surface area contributed by atoms with E-state index < -0.39 is 0 Å². The Hall–Kier alpha value is -2.63. The minimum Gasteiger partial charge on any atom is -0.279 e. The predicted octanol–water partition coefficient (Wildman–Crippen LogP) is 6.48. The molecule has 1 amide bonds. The zero-order valence-electron chi connectivity index (χ0n) is 16.7. The van der Waals surface area contributed by atoms with E-state index >= 15 is 0 Å². The third-order valence-corrected chi connectivity index (χ3v) is 6.62. The molecule has 0 N–H and O–H groups in total. The van der Waals surface area contributed by atoms with Crippen molar-refractivity contribution in [3.63, 3.8) is 0 Å². The maximum atomic E-state index is 13.6. The monoisotopic (exact) mass is 418 g/mol. The maximum absolute atomic E-state index is 13.6. The van der Waals surface area contributed by atoms with Gasteiger partial charge in [-0.15, -0.1) is 11.8 Å². The number of benzene rings is 3. The highest BCUT2D eigenvalue weighted by molar-refractivity contribution is 7.98. The molecule has 0 aliphatic carbocycles. The number of anilines is 1. The van der Waals surface area contributed by atoms with Gasteiger partial charge in [0.05, 0.1) is 16.8 Å². The summed E-state index contributed by atoms with van der Waals surface area (Å²) in [6, 6.07) is 22.3. The molecule has 0 aliphatic rings. The average molecular weight is 419 g/mol. The number of thioether (sulfide) groups is 1. The Morgan fingerprint density at radius 3 is 2.55 bits per heavy atom. The Kier molecular flexibility index (Phi) is 5.69. The molecule has 0 radical (unpaired) electrons. The first kappa shape index (κ1) is 19.7. The number of thiazole rings is 1. The number of fused-ring (bicyclic) bond motifs is 1. The largest absolute Gasteiger partial charge is 0.279 e. The molecule has 0 saturated heterocycles. The lowest BCUT2D eigenvalue weighted by atomic mass is 10.0. The summed E-state index contributed by atoms with van der Waals surface area (Å²) in [6.45, 7) is 4.52. The topological polar surface area (TPSA) is 33.2 Å². The van der Waals surface area contributed by atoms with E-state index in [9.17, 15) is 4.79 Å². The highest BCUT2D eigenvalue weighted by Gasteiger charge is 2.23. The molecule has 0 spiro atoms. The van der Waals surface area contributed by atoms with Gasteiger partial charge in [-0.3, -0.25) is 9.69 Å². The molecular formula is C24H22N2OS2. The third kappa shape index (κ3) is 4.21. The van der Waals surface area contributed by atoms with Crippen molar-refractivity contribution in [3.05, 3.63) is 89.0 Å². The summed E-state index contributed by atoms with van der Waals surface area (Å²) in [5.74, 6) is -0.0181. The van der Waals surface area contributed by atoms with Gasteiger partial charge in [-0.05, 0) is 55.5 Å². The van der Waals surface area contributed by atoms with E-state index in [1.54, 1.807) is 28.0 Å². The second kappa shape index (κ2) is 8.39. The molecule has 1 heterocycles. The van der Waals surface area contributed by atoms with Crippen LogP contribution in [0.5, 0.6) is 0 Å². The summed E-state index contributed by atoms with van der Waals surface area (Å²) in [5, 5.41) is 0.729. The molecule has 4 rings (SSSR count). The van der Waals surface area contributed by atoms with Crippen molar-refractivity contribution >= 4 is 44.4 Å². The standard InChI is InChI=1S/C24H22N2OS2/c1-16-9-11-20(17(2)13-16)23(27)26(15-18-7-5-4-6-8-18)24-25-21-12-10-19(28-3)14-22(21)29-24/h4-14H,15H2,1-3H3. The summed E-state index contributed by atoms with van der Waals surface area (Å²) in [6.07, 6.45) is 2.06. The van der Waals surface area contributed by atoms with Crippen LogP contribution >= 0.6 is 23.1 Å². The van der Waals surface area contributed by atoms with Crippen molar-refractivity contribution in [2.24, 2.45) is 0 Å². The molecule has 5 heteroatoms.